The first-order valence-electron chi connectivity index (χ1n) is 7.17. The van der Waals surface area contributed by atoms with Gasteiger partial charge in [-0.25, -0.2) is 0 Å². The highest BCUT2D eigenvalue weighted by atomic mass is 16.5. The monoisotopic (exact) mass is 277 g/mol. The summed E-state index contributed by atoms with van der Waals surface area (Å²) in [6.45, 7) is 4.83. The Morgan fingerprint density at radius 1 is 1.30 bits per heavy atom. The van der Waals surface area contributed by atoms with Crippen LogP contribution < -0.4 is 11.1 Å². The summed E-state index contributed by atoms with van der Waals surface area (Å²) in [5, 5.41) is 2.98. The van der Waals surface area contributed by atoms with Crippen LogP contribution in [-0.4, -0.2) is 43.7 Å². The molecular weight excluding hydrogens is 254 g/mol. The number of amides is 1. The van der Waals surface area contributed by atoms with Crippen molar-refractivity contribution in [3.63, 3.8) is 0 Å². The van der Waals surface area contributed by atoms with E-state index in [2.05, 4.69) is 16.3 Å². The van der Waals surface area contributed by atoms with Crippen molar-refractivity contribution in [1.29, 1.82) is 0 Å². The second-order valence-electron chi connectivity index (χ2n) is 4.99. The van der Waals surface area contributed by atoms with Gasteiger partial charge in [0.25, 0.3) is 0 Å². The smallest absolute Gasteiger partial charge is 0.224 e. The highest BCUT2D eigenvalue weighted by molar-refractivity contribution is 5.91. The van der Waals surface area contributed by atoms with E-state index in [0.29, 0.717) is 13.0 Å². The van der Waals surface area contributed by atoms with E-state index >= 15 is 0 Å². The molecule has 1 heterocycles. The minimum atomic E-state index is 0.0323. The van der Waals surface area contributed by atoms with E-state index in [1.165, 1.54) is 0 Å². The van der Waals surface area contributed by atoms with Crippen LogP contribution >= 0.6 is 0 Å². The maximum atomic E-state index is 11.8. The summed E-state index contributed by atoms with van der Waals surface area (Å²) in [7, 11) is 0. The number of carbonyl (C=O) groups is 1. The minimum absolute atomic E-state index is 0.0323. The van der Waals surface area contributed by atoms with Gasteiger partial charge in [0.15, 0.2) is 0 Å². The van der Waals surface area contributed by atoms with E-state index in [1.807, 2.05) is 18.2 Å². The first-order chi connectivity index (χ1) is 9.79. The highest BCUT2D eigenvalue weighted by Gasteiger charge is 2.13. The summed E-state index contributed by atoms with van der Waals surface area (Å²) in [6.07, 6.45) is 1.19. The molecule has 1 aromatic carbocycles. The van der Waals surface area contributed by atoms with Crippen LogP contribution in [0, 0.1) is 0 Å². The predicted octanol–water partition coefficient (Wildman–Crippen LogP) is 1.20. The summed E-state index contributed by atoms with van der Waals surface area (Å²) < 4.78 is 5.35. The Balaban J connectivity index is 1.96. The molecule has 0 unspecified atom stereocenters. The molecule has 1 amide bonds. The van der Waals surface area contributed by atoms with Gasteiger partial charge in [-0.15, -0.1) is 0 Å². The van der Waals surface area contributed by atoms with Gasteiger partial charge < -0.3 is 15.8 Å². The molecule has 0 radical (unpaired) electrons. The van der Waals surface area contributed by atoms with Crippen molar-refractivity contribution < 1.29 is 9.53 Å². The fraction of sp³-hybridized carbons (Fsp3) is 0.533. The van der Waals surface area contributed by atoms with Gasteiger partial charge in [0.05, 0.1) is 13.2 Å². The lowest BCUT2D eigenvalue weighted by Gasteiger charge is -2.27. The first kappa shape index (κ1) is 15.0. The molecule has 1 aliphatic heterocycles. The van der Waals surface area contributed by atoms with Gasteiger partial charge in [-0.05, 0) is 24.6 Å². The topological polar surface area (TPSA) is 67.6 Å². The number of anilines is 1. The SMILES string of the molecule is NCCCC(=O)Nc1ccccc1CN1CCOCC1. The molecule has 3 N–H and O–H groups in total. The van der Waals surface area contributed by atoms with E-state index < -0.39 is 0 Å². The summed E-state index contributed by atoms with van der Waals surface area (Å²) in [4.78, 5) is 14.2. The lowest BCUT2D eigenvalue weighted by atomic mass is 10.1. The molecular formula is C15H23N3O2. The molecule has 110 valence electrons. The fourth-order valence-corrected chi connectivity index (χ4v) is 2.26. The van der Waals surface area contributed by atoms with E-state index in [0.717, 1.165) is 50.5 Å². The second kappa shape index (κ2) is 7.99. The average molecular weight is 277 g/mol. The Morgan fingerprint density at radius 3 is 2.80 bits per heavy atom. The molecule has 5 heteroatoms. The molecule has 1 aliphatic rings. The van der Waals surface area contributed by atoms with Crippen molar-refractivity contribution in [2.24, 2.45) is 5.73 Å². The molecule has 0 atom stereocenters. The molecule has 0 bridgehead atoms. The number of benzene rings is 1. The fourth-order valence-electron chi connectivity index (χ4n) is 2.26. The van der Waals surface area contributed by atoms with Crippen LogP contribution in [0.25, 0.3) is 0 Å². The Kier molecular flexibility index (Phi) is 5.98. The third-order valence-electron chi connectivity index (χ3n) is 3.40. The lowest BCUT2D eigenvalue weighted by molar-refractivity contribution is -0.116. The van der Waals surface area contributed by atoms with Gasteiger partial charge >= 0.3 is 0 Å². The minimum Gasteiger partial charge on any atom is -0.379 e. The van der Waals surface area contributed by atoms with Crippen molar-refractivity contribution in [1.82, 2.24) is 4.90 Å². The summed E-state index contributed by atoms with van der Waals surface area (Å²) in [5.74, 6) is 0.0323. The number of nitrogens with one attached hydrogen (secondary N) is 1. The number of morpholine rings is 1. The molecule has 5 nitrogen and oxygen atoms in total. The van der Waals surface area contributed by atoms with Gasteiger partial charge in [-0.2, -0.15) is 0 Å². The van der Waals surface area contributed by atoms with Gasteiger partial charge in [0.1, 0.15) is 0 Å². The van der Waals surface area contributed by atoms with Gasteiger partial charge in [0, 0.05) is 31.7 Å². The van der Waals surface area contributed by atoms with Crippen LogP contribution in [0.5, 0.6) is 0 Å². The molecule has 2 rings (SSSR count). The number of hydrogen-bond acceptors (Lipinski definition) is 4. The Bertz CT molecular complexity index is 431. The second-order valence-corrected chi connectivity index (χ2v) is 4.99. The number of rotatable bonds is 6. The first-order valence-corrected chi connectivity index (χ1v) is 7.17. The normalized spacial score (nSPS) is 16.1. The highest BCUT2D eigenvalue weighted by Crippen LogP contribution is 2.18. The Hall–Kier alpha value is -1.43. The zero-order chi connectivity index (χ0) is 14.2. The molecule has 0 spiro atoms. The molecule has 1 aromatic rings. The van der Waals surface area contributed by atoms with Crippen molar-refractivity contribution in [2.75, 3.05) is 38.2 Å². The number of para-hydroxylation sites is 1. The van der Waals surface area contributed by atoms with Gasteiger partial charge in [-0.3, -0.25) is 9.69 Å². The van der Waals surface area contributed by atoms with Crippen molar-refractivity contribution in [3.8, 4) is 0 Å². The maximum Gasteiger partial charge on any atom is 0.224 e. The zero-order valence-corrected chi connectivity index (χ0v) is 11.8. The van der Waals surface area contributed by atoms with Crippen molar-refractivity contribution >= 4 is 11.6 Å². The van der Waals surface area contributed by atoms with Crippen LogP contribution in [-0.2, 0) is 16.1 Å². The molecule has 0 aliphatic carbocycles. The third kappa shape index (κ3) is 4.59. The lowest BCUT2D eigenvalue weighted by Crippen LogP contribution is -2.35. The van der Waals surface area contributed by atoms with Crippen molar-refractivity contribution in [3.05, 3.63) is 29.8 Å². The van der Waals surface area contributed by atoms with Crippen LogP contribution in [0.2, 0.25) is 0 Å². The molecule has 0 aromatic heterocycles. The number of nitrogens with zero attached hydrogens (tertiary/aromatic N) is 1. The Morgan fingerprint density at radius 2 is 2.05 bits per heavy atom. The molecule has 0 saturated carbocycles. The van der Waals surface area contributed by atoms with Crippen molar-refractivity contribution in [2.45, 2.75) is 19.4 Å². The van der Waals surface area contributed by atoms with E-state index in [1.54, 1.807) is 0 Å². The average Bonchev–Trinajstić information content (AvgIpc) is 2.48. The molecule has 1 saturated heterocycles. The Labute approximate surface area is 120 Å². The number of hydrogen-bond donors (Lipinski definition) is 2. The van der Waals surface area contributed by atoms with Gasteiger partial charge in [-0.1, -0.05) is 18.2 Å². The van der Waals surface area contributed by atoms with E-state index in [4.69, 9.17) is 10.5 Å². The maximum absolute atomic E-state index is 11.8. The van der Waals surface area contributed by atoms with Crippen LogP contribution in [0.15, 0.2) is 24.3 Å². The number of ether oxygens (including phenoxy) is 1. The quantitative estimate of drug-likeness (QED) is 0.820. The summed E-state index contributed by atoms with van der Waals surface area (Å²) >= 11 is 0. The summed E-state index contributed by atoms with van der Waals surface area (Å²) in [5.41, 5.74) is 7.48. The van der Waals surface area contributed by atoms with Crippen LogP contribution in [0.4, 0.5) is 5.69 Å². The van der Waals surface area contributed by atoms with E-state index in [9.17, 15) is 4.79 Å². The van der Waals surface area contributed by atoms with Crippen LogP contribution in [0.3, 0.4) is 0 Å². The zero-order valence-electron chi connectivity index (χ0n) is 11.8. The van der Waals surface area contributed by atoms with Gasteiger partial charge in [0.2, 0.25) is 5.91 Å². The summed E-state index contributed by atoms with van der Waals surface area (Å²) in [6, 6.07) is 7.97. The third-order valence-corrected chi connectivity index (χ3v) is 3.40. The standard InChI is InChI=1S/C15H23N3O2/c16-7-3-6-15(19)17-14-5-2-1-4-13(14)12-18-8-10-20-11-9-18/h1-2,4-5H,3,6-12,16H2,(H,17,19). The predicted molar refractivity (Wildman–Crippen MR) is 79.5 cm³/mol. The van der Waals surface area contributed by atoms with Crippen LogP contribution in [0.1, 0.15) is 18.4 Å². The number of nitrogens with two attached hydrogens (primary N) is 1. The van der Waals surface area contributed by atoms with E-state index in [-0.39, 0.29) is 5.91 Å². The number of carbonyl (C=O) groups excluding carboxylic acids is 1. The molecule has 1 fully saturated rings. The largest absolute Gasteiger partial charge is 0.379 e. The molecule has 20 heavy (non-hydrogen) atoms.